The van der Waals surface area contributed by atoms with E-state index in [4.69, 9.17) is 16.3 Å². The van der Waals surface area contributed by atoms with Gasteiger partial charge >= 0.3 is 0 Å². The fourth-order valence-corrected chi connectivity index (χ4v) is 3.18. The van der Waals surface area contributed by atoms with Crippen molar-refractivity contribution in [2.75, 3.05) is 24.3 Å². The molecule has 3 aromatic carbocycles. The van der Waals surface area contributed by atoms with Crippen molar-refractivity contribution < 1.29 is 14.3 Å². The maximum atomic E-state index is 12.7. The topological polar surface area (TPSA) is 79.5 Å². The van der Waals surface area contributed by atoms with Gasteiger partial charge in [-0.25, -0.2) is 0 Å². The van der Waals surface area contributed by atoms with Gasteiger partial charge in [-0.1, -0.05) is 53.6 Å². The molecule has 0 radical (unpaired) electrons. The first-order valence-corrected chi connectivity index (χ1v) is 10.1. The van der Waals surface area contributed by atoms with E-state index in [2.05, 4.69) is 16.0 Å². The third kappa shape index (κ3) is 6.23. The Bertz CT molecular complexity index is 1070. The Hall–Kier alpha value is -3.51. The zero-order valence-electron chi connectivity index (χ0n) is 17.4. The van der Waals surface area contributed by atoms with Crippen molar-refractivity contribution >= 4 is 34.8 Å². The molecule has 0 aromatic heterocycles. The smallest absolute Gasteiger partial charge is 0.253 e. The van der Waals surface area contributed by atoms with Gasteiger partial charge < -0.3 is 20.7 Å². The molecule has 3 aromatic rings. The molecule has 0 heterocycles. The molecule has 0 aliphatic heterocycles. The Labute approximate surface area is 186 Å². The fraction of sp³-hybridized carbons (Fsp3) is 0.167. The molecular formula is C24H24ClN3O3. The second-order valence-corrected chi connectivity index (χ2v) is 7.37. The lowest BCUT2D eigenvalue weighted by Crippen LogP contribution is -2.26. The minimum Gasteiger partial charge on any atom is -0.495 e. The number of para-hydroxylation sites is 1. The lowest BCUT2D eigenvalue weighted by molar-refractivity contribution is -0.114. The van der Waals surface area contributed by atoms with Gasteiger partial charge in [0.25, 0.3) is 5.91 Å². The van der Waals surface area contributed by atoms with Gasteiger partial charge in [-0.2, -0.15) is 0 Å². The van der Waals surface area contributed by atoms with Crippen LogP contribution in [0.15, 0.2) is 66.7 Å². The van der Waals surface area contributed by atoms with Crippen molar-refractivity contribution in [2.24, 2.45) is 0 Å². The number of rotatable bonds is 8. The van der Waals surface area contributed by atoms with Crippen LogP contribution in [0.2, 0.25) is 5.02 Å². The van der Waals surface area contributed by atoms with Gasteiger partial charge in [0, 0.05) is 12.2 Å². The van der Waals surface area contributed by atoms with Crippen LogP contribution in [0.25, 0.3) is 0 Å². The van der Waals surface area contributed by atoms with Crippen LogP contribution in [0.3, 0.4) is 0 Å². The van der Waals surface area contributed by atoms with E-state index in [1.807, 2.05) is 31.2 Å². The highest BCUT2D eigenvalue weighted by Gasteiger charge is 2.13. The summed E-state index contributed by atoms with van der Waals surface area (Å²) in [6.07, 6.45) is 0. The number of anilines is 2. The van der Waals surface area contributed by atoms with Gasteiger partial charge in [-0.3, -0.25) is 9.59 Å². The van der Waals surface area contributed by atoms with Gasteiger partial charge in [0.2, 0.25) is 5.91 Å². The van der Waals surface area contributed by atoms with Gasteiger partial charge in [0.05, 0.1) is 29.9 Å². The van der Waals surface area contributed by atoms with E-state index in [0.717, 1.165) is 11.1 Å². The first-order valence-electron chi connectivity index (χ1n) is 9.76. The summed E-state index contributed by atoms with van der Waals surface area (Å²) < 4.78 is 5.12. The number of hydrogen-bond donors (Lipinski definition) is 3. The maximum absolute atomic E-state index is 12.7. The Morgan fingerprint density at radius 1 is 1.00 bits per heavy atom. The van der Waals surface area contributed by atoms with E-state index in [1.165, 1.54) is 7.11 Å². The van der Waals surface area contributed by atoms with Crippen LogP contribution in [0.1, 0.15) is 21.5 Å². The van der Waals surface area contributed by atoms with Crippen LogP contribution in [0.5, 0.6) is 5.75 Å². The minimum absolute atomic E-state index is 0.0159. The first kappa shape index (κ1) is 22.2. The summed E-state index contributed by atoms with van der Waals surface area (Å²) in [6, 6.07) is 20.0. The summed E-state index contributed by atoms with van der Waals surface area (Å²) in [5, 5.41) is 9.13. The summed E-state index contributed by atoms with van der Waals surface area (Å²) in [7, 11) is 1.54. The lowest BCUT2D eigenvalue weighted by atomic mass is 10.1. The molecule has 0 spiro atoms. The molecule has 6 nitrogen and oxygen atoms in total. The van der Waals surface area contributed by atoms with Crippen LogP contribution in [-0.4, -0.2) is 25.5 Å². The van der Waals surface area contributed by atoms with Gasteiger partial charge in [-0.15, -0.1) is 0 Å². The highest BCUT2D eigenvalue weighted by atomic mass is 35.5. The Morgan fingerprint density at radius 3 is 2.45 bits per heavy atom. The van der Waals surface area contributed by atoms with E-state index >= 15 is 0 Å². The normalized spacial score (nSPS) is 10.3. The number of carbonyl (C=O) groups excluding carboxylic acids is 2. The molecule has 0 saturated carbocycles. The Balaban J connectivity index is 1.58. The molecule has 0 aliphatic carbocycles. The average molecular weight is 438 g/mol. The SMILES string of the molecule is COc1ccc(NCC(=O)Nc2ccccc2C(=O)NCc2ccc(C)cc2)cc1Cl. The van der Waals surface area contributed by atoms with Crippen molar-refractivity contribution in [3.63, 3.8) is 0 Å². The number of benzene rings is 3. The molecule has 0 aliphatic rings. The summed E-state index contributed by atoms with van der Waals surface area (Å²) in [5.74, 6) is 0.0133. The van der Waals surface area contributed by atoms with Crippen molar-refractivity contribution in [3.05, 3.63) is 88.4 Å². The number of nitrogens with one attached hydrogen (secondary N) is 3. The molecule has 0 unspecified atom stereocenters. The zero-order valence-corrected chi connectivity index (χ0v) is 18.1. The third-order valence-electron chi connectivity index (χ3n) is 4.62. The van der Waals surface area contributed by atoms with Crippen molar-refractivity contribution in [1.29, 1.82) is 0 Å². The molecule has 3 N–H and O–H groups in total. The summed E-state index contributed by atoms with van der Waals surface area (Å²) in [5.41, 5.74) is 3.69. The summed E-state index contributed by atoms with van der Waals surface area (Å²) >= 11 is 6.10. The molecule has 0 bridgehead atoms. The molecule has 31 heavy (non-hydrogen) atoms. The van der Waals surface area contributed by atoms with Gasteiger partial charge in [0.1, 0.15) is 5.75 Å². The summed E-state index contributed by atoms with van der Waals surface area (Å²) in [4.78, 5) is 25.1. The second kappa shape index (κ2) is 10.5. The van der Waals surface area contributed by atoms with Crippen LogP contribution in [0.4, 0.5) is 11.4 Å². The molecule has 0 saturated heterocycles. The maximum Gasteiger partial charge on any atom is 0.253 e. The molecule has 0 fully saturated rings. The van der Waals surface area contributed by atoms with Crippen molar-refractivity contribution in [1.82, 2.24) is 5.32 Å². The zero-order chi connectivity index (χ0) is 22.2. The van der Waals surface area contributed by atoms with E-state index < -0.39 is 0 Å². The van der Waals surface area contributed by atoms with Crippen molar-refractivity contribution in [3.8, 4) is 5.75 Å². The molecule has 3 rings (SSSR count). The van der Waals surface area contributed by atoms with Gasteiger partial charge in [-0.05, 0) is 42.8 Å². The Kier molecular flexibility index (Phi) is 7.51. The highest BCUT2D eigenvalue weighted by molar-refractivity contribution is 6.32. The average Bonchev–Trinajstić information content (AvgIpc) is 2.77. The lowest BCUT2D eigenvalue weighted by Gasteiger charge is -2.13. The summed E-state index contributed by atoms with van der Waals surface area (Å²) in [6.45, 7) is 2.43. The molecular weight excluding hydrogens is 414 g/mol. The predicted molar refractivity (Wildman–Crippen MR) is 124 cm³/mol. The van der Waals surface area contributed by atoms with Gasteiger partial charge in [0.15, 0.2) is 0 Å². The first-order chi connectivity index (χ1) is 15.0. The fourth-order valence-electron chi connectivity index (χ4n) is 2.93. The van der Waals surface area contributed by atoms with Crippen molar-refractivity contribution in [2.45, 2.75) is 13.5 Å². The predicted octanol–water partition coefficient (Wildman–Crippen LogP) is 4.64. The van der Waals surface area contributed by atoms with E-state index in [1.54, 1.807) is 42.5 Å². The number of carbonyl (C=O) groups is 2. The number of ether oxygens (including phenoxy) is 1. The molecule has 160 valence electrons. The molecule has 0 atom stereocenters. The highest BCUT2D eigenvalue weighted by Crippen LogP contribution is 2.27. The van der Waals surface area contributed by atoms with Crippen LogP contribution >= 0.6 is 11.6 Å². The number of amides is 2. The van der Waals surface area contributed by atoms with E-state index in [-0.39, 0.29) is 18.4 Å². The van der Waals surface area contributed by atoms with E-state index in [0.29, 0.717) is 34.3 Å². The van der Waals surface area contributed by atoms with Crippen LogP contribution in [-0.2, 0) is 11.3 Å². The quantitative estimate of drug-likeness (QED) is 0.479. The number of halogens is 1. The van der Waals surface area contributed by atoms with E-state index in [9.17, 15) is 9.59 Å². The number of aryl methyl sites for hydroxylation is 1. The minimum atomic E-state index is -0.286. The molecule has 2 amide bonds. The second-order valence-electron chi connectivity index (χ2n) is 6.96. The number of hydrogen-bond acceptors (Lipinski definition) is 4. The van der Waals surface area contributed by atoms with Crippen LogP contribution in [0, 0.1) is 6.92 Å². The van der Waals surface area contributed by atoms with Crippen LogP contribution < -0.4 is 20.7 Å². The largest absolute Gasteiger partial charge is 0.495 e. The monoisotopic (exact) mass is 437 g/mol. The Morgan fingerprint density at radius 2 is 1.74 bits per heavy atom. The standard InChI is InChI=1S/C24H24ClN3O3/c1-16-7-9-17(10-8-16)14-27-24(30)19-5-3-4-6-21(19)28-23(29)15-26-18-11-12-22(31-2)20(25)13-18/h3-13,26H,14-15H2,1-2H3,(H,27,30)(H,28,29). The molecule has 7 heteroatoms. The number of methoxy groups -OCH3 is 1. The third-order valence-corrected chi connectivity index (χ3v) is 4.92.